The second-order valence-electron chi connectivity index (χ2n) is 8.12. The van der Waals surface area contributed by atoms with Crippen molar-refractivity contribution in [1.82, 2.24) is 4.72 Å². The topological polar surface area (TPSA) is 90.9 Å². The van der Waals surface area contributed by atoms with Crippen LogP contribution in [0.3, 0.4) is 0 Å². The molecule has 1 heterocycles. The van der Waals surface area contributed by atoms with Gasteiger partial charge >= 0.3 is 13.1 Å². The van der Waals surface area contributed by atoms with Gasteiger partial charge in [-0.1, -0.05) is 19.1 Å². The number of esters is 1. The van der Waals surface area contributed by atoms with E-state index in [-0.39, 0.29) is 23.3 Å². The molecule has 1 aromatic carbocycles. The number of rotatable bonds is 8. The summed E-state index contributed by atoms with van der Waals surface area (Å²) in [4.78, 5) is 11.5. The van der Waals surface area contributed by atoms with E-state index in [1.807, 2.05) is 27.7 Å². The van der Waals surface area contributed by atoms with Crippen molar-refractivity contribution in [3.63, 3.8) is 0 Å². The summed E-state index contributed by atoms with van der Waals surface area (Å²) in [5.74, 6) is -0.546. The van der Waals surface area contributed by atoms with E-state index in [1.54, 1.807) is 31.2 Å². The van der Waals surface area contributed by atoms with Crippen molar-refractivity contribution in [2.75, 3.05) is 13.7 Å². The first-order valence-corrected chi connectivity index (χ1v) is 10.9. The second kappa shape index (κ2) is 8.53. The molecule has 1 fully saturated rings. The quantitative estimate of drug-likeness (QED) is 0.399. The number of carbonyl (C=O) groups is 1. The largest absolute Gasteiger partial charge is 0.494 e. The summed E-state index contributed by atoms with van der Waals surface area (Å²) in [5, 5.41) is 0. The Kier molecular flexibility index (Phi) is 6.96. The van der Waals surface area contributed by atoms with E-state index in [0.717, 1.165) is 5.46 Å². The third-order valence-corrected chi connectivity index (χ3v) is 6.90. The van der Waals surface area contributed by atoms with Gasteiger partial charge in [0, 0.05) is 6.54 Å². The van der Waals surface area contributed by atoms with Crippen molar-refractivity contribution >= 4 is 28.6 Å². The van der Waals surface area contributed by atoms with Gasteiger partial charge in [0.2, 0.25) is 10.0 Å². The van der Waals surface area contributed by atoms with Gasteiger partial charge in [0.25, 0.3) is 0 Å². The molecular formula is C19H30BNO6S. The zero-order valence-corrected chi connectivity index (χ0v) is 18.3. The molecule has 1 N–H and O–H groups in total. The number of ether oxygens (including phenoxy) is 1. The molecule has 1 aliphatic rings. The van der Waals surface area contributed by atoms with E-state index in [2.05, 4.69) is 9.46 Å². The number of sulfonamides is 1. The van der Waals surface area contributed by atoms with Crippen LogP contribution in [0.4, 0.5) is 0 Å². The molecule has 0 amide bonds. The molecule has 1 aromatic rings. The minimum atomic E-state index is -3.62. The summed E-state index contributed by atoms with van der Waals surface area (Å²) in [6.45, 7) is 9.89. The van der Waals surface area contributed by atoms with Gasteiger partial charge in [-0.05, 0) is 58.1 Å². The molecule has 0 saturated carbocycles. The second-order valence-corrected chi connectivity index (χ2v) is 9.89. The van der Waals surface area contributed by atoms with Crippen LogP contribution < -0.4 is 10.2 Å². The predicted octanol–water partition coefficient (Wildman–Crippen LogP) is 1.85. The molecule has 1 unspecified atom stereocenters. The summed E-state index contributed by atoms with van der Waals surface area (Å²) in [7, 11) is -2.81. The molecule has 1 atom stereocenters. The smallest absolute Gasteiger partial charge is 0.469 e. The van der Waals surface area contributed by atoms with Gasteiger partial charge < -0.3 is 14.0 Å². The van der Waals surface area contributed by atoms with Crippen LogP contribution >= 0.6 is 0 Å². The van der Waals surface area contributed by atoms with Crippen molar-refractivity contribution in [1.29, 1.82) is 0 Å². The fourth-order valence-electron chi connectivity index (χ4n) is 2.80. The highest BCUT2D eigenvalue weighted by Gasteiger charge is 2.51. The summed E-state index contributed by atoms with van der Waals surface area (Å²) >= 11 is 0. The summed E-state index contributed by atoms with van der Waals surface area (Å²) in [5.41, 5.74) is -0.138. The van der Waals surface area contributed by atoms with E-state index < -0.39 is 28.3 Å². The maximum absolute atomic E-state index is 12.4. The molecule has 0 aliphatic carbocycles. The fraction of sp³-hybridized carbons (Fsp3) is 0.632. The highest BCUT2D eigenvalue weighted by atomic mass is 32.2. The predicted molar refractivity (Wildman–Crippen MR) is 108 cm³/mol. The Morgan fingerprint density at radius 2 is 1.68 bits per heavy atom. The van der Waals surface area contributed by atoms with Crippen LogP contribution in [0.15, 0.2) is 29.2 Å². The Labute approximate surface area is 168 Å². The average Bonchev–Trinajstić information content (AvgIpc) is 2.85. The van der Waals surface area contributed by atoms with Crippen LogP contribution in [0.2, 0.25) is 0 Å². The van der Waals surface area contributed by atoms with Gasteiger partial charge in [0.15, 0.2) is 0 Å². The first-order chi connectivity index (χ1) is 12.9. The molecule has 156 valence electrons. The van der Waals surface area contributed by atoms with Gasteiger partial charge in [-0.3, -0.25) is 4.79 Å². The van der Waals surface area contributed by atoms with Crippen molar-refractivity contribution in [3.8, 4) is 0 Å². The van der Waals surface area contributed by atoms with Crippen molar-refractivity contribution < 1.29 is 27.3 Å². The number of hydrogen-bond donors (Lipinski definition) is 1. The first-order valence-electron chi connectivity index (χ1n) is 9.43. The monoisotopic (exact) mass is 411 g/mol. The molecule has 7 nitrogen and oxygen atoms in total. The lowest BCUT2D eigenvalue weighted by Crippen LogP contribution is -2.41. The number of carbonyl (C=O) groups excluding carboxylic acids is 1. The van der Waals surface area contributed by atoms with E-state index in [1.165, 1.54) is 7.11 Å². The molecule has 0 aromatic heterocycles. The molecule has 9 heteroatoms. The van der Waals surface area contributed by atoms with Crippen LogP contribution in [0.5, 0.6) is 0 Å². The minimum absolute atomic E-state index is 0.175. The van der Waals surface area contributed by atoms with E-state index in [4.69, 9.17) is 9.31 Å². The van der Waals surface area contributed by atoms with Crippen molar-refractivity contribution in [3.05, 3.63) is 24.3 Å². The normalized spacial score (nSPS) is 19.4. The molecule has 28 heavy (non-hydrogen) atoms. The Hall–Kier alpha value is -1.42. The van der Waals surface area contributed by atoms with Gasteiger partial charge in [-0.15, -0.1) is 0 Å². The van der Waals surface area contributed by atoms with Crippen LogP contribution in [-0.2, 0) is 28.9 Å². The van der Waals surface area contributed by atoms with Gasteiger partial charge in [0.05, 0.1) is 29.1 Å². The number of benzene rings is 1. The number of hydrogen-bond acceptors (Lipinski definition) is 6. The molecular weight excluding hydrogens is 381 g/mol. The lowest BCUT2D eigenvalue weighted by Gasteiger charge is -2.32. The molecule has 1 saturated heterocycles. The average molecular weight is 411 g/mol. The molecule has 0 radical (unpaired) electrons. The third-order valence-electron chi connectivity index (χ3n) is 5.43. The molecule has 1 aliphatic heterocycles. The highest BCUT2D eigenvalue weighted by Crippen LogP contribution is 2.36. The zero-order valence-electron chi connectivity index (χ0n) is 17.4. The minimum Gasteiger partial charge on any atom is -0.469 e. The summed E-state index contributed by atoms with van der Waals surface area (Å²) in [6, 6.07) is 6.49. The fourth-order valence-corrected chi connectivity index (χ4v) is 3.87. The molecule has 2 rings (SSSR count). The maximum Gasteiger partial charge on any atom is 0.494 e. The number of nitrogens with one attached hydrogen (secondary N) is 1. The van der Waals surface area contributed by atoms with Crippen LogP contribution in [0.1, 0.15) is 47.5 Å². The Morgan fingerprint density at radius 3 is 2.18 bits per heavy atom. The molecule has 0 spiro atoms. The standard InChI is InChI=1S/C19H30BNO6S/c1-14(17(22)25-6)8-7-13-21-28(23,24)16-11-9-15(10-12-16)20-26-18(2,3)19(4,5)27-20/h9-12,14,21H,7-8,13H2,1-6H3. The summed E-state index contributed by atoms with van der Waals surface area (Å²) in [6.07, 6.45) is 1.09. The van der Waals surface area contributed by atoms with Crippen LogP contribution in [0, 0.1) is 5.92 Å². The van der Waals surface area contributed by atoms with Crippen molar-refractivity contribution in [2.24, 2.45) is 5.92 Å². The van der Waals surface area contributed by atoms with Crippen molar-refractivity contribution in [2.45, 2.75) is 63.6 Å². The van der Waals surface area contributed by atoms with E-state index in [9.17, 15) is 13.2 Å². The zero-order chi connectivity index (χ0) is 21.2. The maximum atomic E-state index is 12.4. The SMILES string of the molecule is COC(=O)C(C)CCCNS(=O)(=O)c1ccc(B2OC(C)(C)C(C)(C)O2)cc1. The van der Waals surface area contributed by atoms with Crippen LogP contribution in [-0.4, -0.2) is 46.4 Å². The van der Waals surface area contributed by atoms with Gasteiger partial charge in [-0.2, -0.15) is 0 Å². The van der Waals surface area contributed by atoms with Gasteiger partial charge in [0.1, 0.15) is 0 Å². The molecule has 0 bridgehead atoms. The van der Waals surface area contributed by atoms with E-state index in [0.29, 0.717) is 12.8 Å². The lowest BCUT2D eigenvalue weighted by atomic mass is 9.79. The van der Waals surface area contributed by atoms with E-state index >= 15 is 0 Å². The number of methoxy groups -OCH3 is 1. The first kappa shape index (κ1) is 22.9. The Bertz CT molecular complexity index is 775. The van der Waals surface area contributed by atoms with Gasteiger partial charge in [-0.25, -0.2) is 13.1 Å². The summed E-state index contributed by atoms with van der Waals surface area (Å²) < 4.78 is 44.1. The lowest BCUT2D eigenvalue weighted by molar-refractivity contribution is -0.145. The highest BCUT2D eigenvalue weighted by molar-refractivity contribution is 7.89. The Morgan fingerprint density at radius 1 is 1.14 bits per heavy atom. The third kappa shape index (κ3) is 5.14. The Balaban J connectivity index is 1.94. The van der Waals surface area contributed by atoms with Crippen LogP contribution in [0.25, 0.3) is 0 Å².